The molecule has 2 aromatic rings. The van der Waals surface area contributed by atoms with Crippen LogP contribution in [0.3, 0.4) is 0 Å². The lowest BCUT2D eigenvalue weighted by Gasteiger charge is -2.28. The zero-order valence-corrected chi connectivity index (χ0v) is 20.0. The van der Waals surface area contributed by atoms with Crippen molar-refractivity contribution in [3.05, 3.63) is 51.2 Å². The number of ether oxygens (including phenoxy) is 2. The van der Waals surface area contributed by atoms with E-state index < -0.39 is 17.7 Å². The van der Waals surface area contributed by atoms with E-state index in [-0.39, 0.29) is 0 Å². The molecule has 4 nitrogen and oxygen atoms in total. The van der Waals surface area contributed by atoms with Gasteiger partial charge in [0.05, 0.1) is 29.1 Å². The fraction of sp³-hybridized carbons (Fsp3) is 0.478. The van der Waals surface area contributed by atoms with Crippen LogP contribution in [0.1, 0.15) is 54.8 Å². The first-order valence-corrected chi connectivity index (χ1v) is 11.3. The van der Waals surface area contributed by atoms with Crippen LogP contribution in [0.2, 0.25) is 5.02 Å². The quantitative estimate of drug-likeness (QED) is 0.504. The van der Waals surface area contributed by atoms with Crippen molar-refractivity contribution in [2.45, 2.75) is 59.0 Å². The van der Waals surface area contributed by atoms with Crippen molar-refractivity contribution >= 4 is 29.3 Å². The molecule has 0 aliphatic heterocycles. The Bertz CT molecular complexity index is 906. The van der Waals surface area contributed by atoms with Crippen LogP contribution >= 0.6 is 23.4 Å². The normalized spacial score (nSPS) is 12.7. The van der Waals surface area contributed by atoms with Crippen LogP contribution in [-0.2, 0) is 20.0 Å². The summed E-state index contributed by atoms with van der Waals surface area (Å²) in [5.74, 6) is 0.123. The second-order valence-corrected chi connectivity index (χ2v) is 9.37. The van der Waals surface area contributed by atoms with Crippen LogP contribution in [0.25, 0.3) is 11.3 Å². The summed E-state index contributed by atoms with van der Waals surface area (Å²) in [5.41, 5.74) is 5.84. The summed E-state index contributed by atoms with van der Waals surface area (Å²) in [6.45, 7) is 11.8. The molecule has 0 fully saturated rings. The van der Waals surface area contributed by atoms with Gasteiger partial charge in [0.1, 0.15) is 0 Å². The molecule has 0 N–H and O–H groups in total. The Hall–Kier alpha value is -1.56. The Morgan fingerprint density at radius 3 is 2.38 bits per heavy atom. The van der Waals surface area contributed by atoms with Gasteiger partial charge in [0.25, 0.3) is 0 Å². The predicted octanol–water partition coefficient (Wildman–Crippen LogP) is 6.22. The molecule has 1 heterocycles. The lowest BCUT2D eigenvalue weighted by molar-refractivity contribution is -0.164. The second-order valence-electron chi connectivity index (χ2n) is 8.13. The number of hydrogen-bond donors (Lipinski definition) is 0. The zero-order valence-electron chi connectivity index (χ0n) is 18.5. The van der Waals surface area contributed by atoms with E-state index in [0.717, 1.165) is 22.5 Å². The van der Waals surface area contributed by atoms with Gasteiger partial charge in [-0.05, 0) is 70.6 Å². The molecule has 0 aliphatic carbocycles. The minimum absolute atomic E-state index is 0.482. The van der Waals surface area contributed by atoms with E-state index in [0.29, 0.717) is 16.3 Å². The highest BCUT2D eigenvalue weighted by atomic mass is 35.5. The number of pyridine rings is 1. The molecule has 0 radical (unpaired) electrons. The maximum Gasteiger partial charge on any atom is 0.339 e. The Morgan fingerprint density at radius 2 is 1.86 bits per heavy atom. The van der Waals surface area contributed by atoms with Gasteiger partial charge in [0, 0.05) is 16.9 Å². The number of aromatic nitrogens is 1. The fourth-order valence-corrected chi connectivity index (χ4v) is 3.87. The number of halogens is 1. The highest BCUT2D eigenvalue weighted by Gasteiger charge is 2.33. The third kappa shape index (κ3) is 5.53. The van der Waals surface area contributed by atoms with Crippen LogP contribution in [0, 0.1) is 20.8 Å². The first-order valence-electron chi connectivity index (χ1n) is 9.51. The summed E-state index contributed by atoms with van der Waals surface area (Å²) in [4.78, 5) is 17.5. The van der Waals surface area contributed by atoms with E-state index in [2.05, 4.69) is 32.0 Å². The molecule has 0 unspecified atom stereocenters. The summed E-state index contributed by atoms with van der Waals surface area (Å²) in [6.07, 6.45) is 1.06. The van der Waals surface area contributed by atoms with Gasteiger partial charge in [-0.1, -0.05) is 23.7 Å². The first-order chi connectivity index (χ1) is 13.5. The molecule has 1 atom stereocenters. The number of hydrogen-bond acceptors (Lipinski definition) is 5. The number of nitrogens with zero attached hydrogens (tertiary/aromatic N) is 1. The number of rotatable bonds is 6. The molecule has 2 rings (SSSR count). The summed E-state index contributed by atoms with van der Waals surface area (Å²) >= 11 is 8.47. The minimum Gasteiger partial charge on any atom is -0.467 e. The van der Waals surface area contributed by atoms with Crippen molar-refractivity contribution in [2.75, 3.05) is 13.4 Å². The van der Waals surface area contributed by atoms with Gasteiger partial charge in [0.15, 0.2) is 6.10 Å². The van der Waals surface area contributed by atoms with E-state index in [4.69, 9.17) is 26.1 Å². The van der Waals surface area contributed by atoms with Gasteiger partial charge in [0.2, 0.25) is 0 Å². The molecule has 158 valence electrons. The summed E-state index contributed by atoms with van der Waals surface area (Å²) in [6, 6.07) is 6.26. The van der Waals surface area contributed by atoms with E-state index >= 15 is 0 Å². The topological polar surface area (TPSA) is 48.4 Å². The molecule has 0 saturated carbocycles. The molecule has 0 aliphatic rings. The van der Waals surface area contributed by atoms with Crippen LogP contribution in [0.15, 0.2) is 18.2 Å². The van der Waals surface area contributed by atoms with E-state index in [1.165, 1.54) is 18.2 Å². The number of methoxy groups -OCH3 is 1. The maximum absolute atomic E-state index is 12.6. The van der Waals surface area contributed by atoms with Crippen LogP contribution < -0.4 is 0 Å². The first kappa shape index (κ1) is 23.7. The molecule has 0 bridgehead atoms. The van der Waals surface area contributed by atoms with Crippen molar-refractivity contribution in [1.29, 1.82) is 0 Å². The molecular formula is C23H30ClNO3S. The van der Waals surface area contributed by atoms with Crippen molar-refractivity contribution in [3.8, 4) is 11.3 Å². The molecule has 29 heavy (non-hydrogen) atoms. The number of carbonyl (C=O) groups excluding carboxylic acids is 1. The average Bonchev–Trinajstić information content (AvgIpc) is 2.64. The second kappa shape index (κ2) is 9.50. The van der Waals surface area contributed by atoms with Crippen LogP contribution in [0.4, 0.5) is 0 Å². The van der Waals surface area contributed by atoms with Gasteiger partial charge >= 0.3 is 5.97 Å². The van der Waals surface area contributed by atoms with Crippen molar-refractivity contribution < 1.29 is 14.3 Å². The molecule has 6 heteroatoms. The lowest BCUT2D eigenvalue weighted by Crippen LogP contribution is -2.29. The molecule has 0 spiro atoms. The summed E-state index contributed by atoms with van der Waals surface area (Å²) < 4.78 is 11.1. The predicted molar refractivity (Wildman–Crippen MR) is 122 cm³/mol. The van der Waals surface area contributed by atoms with E-state index in [9.17, 15) is 4.79 Å². The Morgan fingerprint density at radius 1 is 1.21 bits per heavy atom. The number of thioether (sulfide) groups is 1. The number of carbonyl (C=O) groups is 1. The minimum atomic E-state index is -0.936. The van der Waals surface area contributed by atoms with Gasteiger partial charge < -0.3 is 9.47 Å². The standard InChI is InChI=1S/C23H30ClNO3S/c1-13-9-10-16(11-14(13)2)20-15(3)19(24)18(17(25-20)12-29-8)21(22(26)27-7)28-23(4,5)6/h9-11,21H,12H2,1-8H3/t21-/m0/s1. The SMILES string of the molecule is COC(=O)[C@@H](OC(C)(C)C)c1c(CSC)nc(-c2ccc(C)c(C)c2)c(C)c1Cl. The van der Waals surface area contributed by atoms with Crippen LogP contribution in [-0.4, -0.2) is 29.9 Å². The molecule has 1 aromatic heterocycles. The number of esters is 1. The summed E-state index contributed by atoms with van der Waals surface area (Å²) in [5, 5.41) is 0.497. The Labute approximate surface area is 183 Å². The highest BCUT2D eigenvalue weighted by Crippen LogP contribution is 2.39. The van der Waals surface area contributed by atoms with E-state index in [1.807, 2.05) is 34.0 Å². The Kier molecular flexibility index (Phi) is 7.77. The highest BCUT2D eigenvalue weighted by molar-refractivity contribution is 7.97. The monoisotopic (exact) mass is 435 g/mol. The van der Waals surface area contributed by atoms with Gasteiger partial charge in [-0.3, -0.25) is 4.98 Å². The van der Waals surface area contributed by atoms with Crippen molar-refractivity contribution in [3.63, 3.8) is 0 Å². The average molecular weight is 436 g/mol. The molecule has 0 saturated heterocycles. The third-order valence-corrected chi connectivity index (χ3v) is 5.74. The van der Waals surface area contributed by atoms with Gasteiger partial charge in [-0.2, -0.15) is 11.8 Å². The third-order valence-electron chi connectivity index (χ3n) is 4.69. The molecular weight excluding hydrogens is 406 g/mol. The Balaban J connectivity index is 2.73. The van der Waals surface area contributed by atoms with E-state index in [1.54, 1.807) is 11.8 Å². The zero-order chi connectivity index (χ0) is 21.9. The largest absolute Gasteiger partial charge is 0.467 e. The summed E-state index contributed by atoms with van der Waals surface area (Å²) in [7, 11) is 1.35. The van der Waals surface area contributed by atoms with Gasteiger partial charge in [-0.15, -0.1) is 0 Å². The van der Waals surface area contributed by atoms with Gasteiger partial charge in [-0.25, -0.2) is 4.79 Å². The van der Waals surface area contributed by atoms with Crippen LogP contribution in [0.5, 0.6) is 0 Å². The molecule has 1 aromatic carbocycles. The van der Waals surface area contributed by atoms with Crippen molar-refractivity contribution in [1.82, 2.24) is 4.98 Å². The lowest BCUT2D eigenvalue weighted by atomic mass is 9.97. The maximum atomic E-state index is 12.6. The number of aryl methyl sites for hydroxylation is 2. The molecule has 0 amide bonds. The smallest absolute Gasteiger partial charge is 0.339 e. The van der Waals surface area contributed by atoms with Crippen molar-refractivity contribution in [2.24, 2.45) is 0 Å². The number of benzene rings is 1. The fourth-order valence-electron chi connectivity index (χ4n) is 3.08.